The molecule has 3 heterocycles. The molecule has 10 heteroatoms. The van der Waals surface area contributed by atoms with E-state index in [0.717, 1.165) is 30.5 Å². The molecule has 0 aliphatic heterocycles. The second kappa shape index (κ2) is 9.35. The van der Waals surface area contributed by atoms with Gasteiger partial charge in [0.05, 0.1) is 43.3 Å². The van der Waals surface area contributed by atoms with Crippen LogP contribution in [0.3, 0.4) is 0 Å². The number of nitrogen functional groups attached to an aromatic ring is 1. The van der Waals surface area contributed by atoms with E-state index < -0.39 is 5.41 Å². The lowest BCUT2D eigenvalue weighted by molar-refractivity contribution is 0.316. The van der Waals surface area contributed by atoms with E-state index in [2.05, 4.69) is 21.0 Å². The minimum Gasteiger partial charge on any atom is -0.497 e. The van der Waals surface area contributed by atoms with Gasteiger partial charge in [0.25, 0.3) is 5.56 Å². The fourth-order valence-electron chi connectivity index (χ4n) is 4.36. The van der Waals surface area contributed by atoms with E-state index in [-0.39, 0.29) is 17.1 Å². The van der Waals surface area contributed by atoms with Gasteiger partial charge in [0, 0.05) is 36.6 Å². The minimum atomic E-state index is -0.492. The highest BCUT2D eigenvalue weighted by Gasteiger charge is 2.40. The smallest absolute Gasteiger partial charge is 0.276 e. The van der Waals surface area contributed by atoms with Crippen LogP contribution in [0.1, 0.15) is 25.0 Å². The molecule has 5 rings (SSSR count). The molecule has 2 N–H and O–H groups in total. The Labute approximate surface area is 213 Å². The molecule has 0 atom stereocenters. The molecule has 0 bridgehead atoms. The summed E-state index contributed by atoms with van der Waals surface area (Å²) in [6.07, 6.45) is 7.50. The van der Waals surface area contributed by atoms with Gasteiger partial charge in [-0.2, -0.15) is 5.26 Å². The molecule has 1 fully saturated rings. The lowest BCUT2D eigenvalue weighted by atomic mass is 9.67. The number of nitrogens with two attached hydrogens (primary N) is 1. The number of hydrogen-bond donors (Lipinski definition) is 1. The highest BCUT2D eigenvalue weighted by Crippen LogP contribution is 2.42. The van der Waals surface area contributed by atoms with Gasteiger partial charge in [-0.1, -0.05) is 0 Å². The molecule has 0 spiro atoms. The molecular weight excluding hydrogens is 470 g/mol. The van der Waals surface area contributed by atoms with Crippen LogP contribution >= 0.6 is 0 Å². The standard InChI is InChI=1S/C27H25N7O3/c1-34-14-21(33-23(26(34)35)17-9-18(36-2)11-19(10-17)37-3)24-25(29)31-13-20(32-24)16-5-6-22(30-12-16)27(15-28)7-4-8-27/h5-6,9-14H,4,7-8H2,1-3H3,(H2,29,31). The van der Waals surface area contributed by atoms with Crippen LogP contribution in [0.25, 0.3) is 33.9 Å². The molecule has 1 aliphatic rings. The number of benzene rings is 1. The summed E-state index contributed by atoms with van der Waals surface area (Å²) in [5.74, 6) is 1.23. The summed E-state index contributed by atoms with van der Waals surface area (Å²) >= 11 is 0. The molecule has 0 amide bonds. The van der Waals surface area contributed by atoms with Gasteiger partial charge < -0.3 is 19.8 Å². The molecule has 10 nitrogen and oxygen atoms in total. The number of pyridine rings is 1. The molecule has 1 aromatic carbocycles. The summed E-state index contributed by atoms with van der Waals surface area (Å²) in [4.78, 5) is 31.2. The van der Waals surface area contributed by atoms with Crippen LogP contribution in [0.2, 0.25) is 0 Å². The first-order valence-corrected chi connectivity index (χ1v) is 11.7. The van der Waals surface area contributed by atoms with E-state index in [0.29, 0.717) is 34.1 Å². The first-order valence-electron chi connectivity index (χ1n) is 11.7. The zero-order valence-electron chi connectivity index (χ0n) is 20.7. The van der Waals surface area contributed by atoms with Crippen LogP contribution < -0.4 is 20.8 Å². The zero-order chi connectivity index (χ0) is 26.2. The SMILES string of the molecule is COc1cc(OC)cc(-c2nc(-c3nc(-c4ccc(C5(C#N)CCC5)nc4)cnc3N)cn(C)c2=O)c1. The van der Waals surface area contributed by atoms with Gasteiger partial charge in [-0.15, -0.1) is 0 Å². The van der Waals surface area contributed by atoms with Crippen LogP contribution in [0.5, 0.6) is 11.5 Å². The van der Waals surface area contributed by atoms with Crippen LogP contribution in [0.15, 0.2) is 53.7 Å². The van der Waals surface area contributed by atoms with Gasteiger partial charge in [0.1, 0.15) is 28.6 Å². The summed E-state index contributed by atoms with van der Waals surface area (Å²) in [7, 11) is 4.71. The first kappa shape index (κ1) is 23.9. The largest absolute Gasteiger partial charge is 0.497 e. The fraction of sp³-hybridized carbons (Fsp3) is 0.259. The molecule has 0 unspecified atom stereocenters. The Morgan fingerprint density at radius 1 is 0.973 bits per heavy atom. The van der Waals surface area contributed by atoms with Gasteiger partial charge >= 0.3 is 0 Å². The number of aromatic nitrogens is 5. The van der Waals surface area contributed by atoms with Crippen molar-refractivity contribution < 1.29 is 9.47 Å². The van der Waals surface area contributed by atoms with E-state index in [4.69, 9.17) is 20.2 Å². The summed E-state index contributed by atoms with van der Waals surface area (Å²) in [6.45, 7) is 0. The highest BCUT2D eigenvalue weighted by molar-refractivity contribution is 5.72. The van der Waals surface area contributed by atoms with E-state index >= 15 is 0 Å². The number of aryl methyl sites for hydroxylation is 1. The molecule has 3 aromatic heterocycles. The second-order valence-electron chi connectivity index (χ2n) is 8.96. The average Bonchev–Trinajstić information content (AvgIpc) is 2.90. The third-order valence-corrected chi connectivity index (χ3v) is 6.71. The summed E-state index contributed by atoms with van der Waals surface area (Å²) < 4.78 is 12.1. The Kier molecular flexibility index (Phi) is 6.05. The molecule has 1 saturated carbocycles. The Hall–Kier alpha value is -4.78. The minimum absolute atomic E-state index is 0.173. The Morgan fingerprint density at radius 2 is 1.68 bits per heavy atom. The Balaban J connectivity index is 1.57. The second-order valence-corrected chi connectivity index (χ2v) is 8.96. The third-order valence-electron chi connectivity index (χ3n) is 6.71. The number of nitriles is 1. The van der Waals surface area contributed by atoms with Crippen LogP contribution in [-0.4, -0.2) is 38.7 Å². The van der Waals surface area contributed by atoms with Gasteiger partial charge in [0.2, 0.25) is 0 Å². The van der Waals surface area contributed by atoms with Crippen molar-refractivity contribution >= 4 is 5.82 Å². The van der Waals surface area contributed by atoms with Gasteiger partial charge in [0.15, 0.2) is 5.82 Å². The van der Waals surface area contributed by atoms with Crippen molar-refractivity contribution in [2.75, 3.05) is 20.0 Å². The topological polar surface area (TPSA) is 142 Å². The van der Waals surface area contributed by atoms with E-state index in [1.54, 1.807) is 43.8 Å². The van der Waals surface area contributed by atoms with Crippen molar-refractivity contribution in [3.8, 4) is 51.5 Å². The number of ether oxygens (including phenoxy) is 2. The predicted molar refractivity (Wildman–Crippen MR) is 138 cm³/mol. The summed E-state index contributed by atoms with van der Waals surface area (Å²) in [6, 6.07) is 11.3. The van der Waals surface area contributed by atoms with Crippen LogP contribution in [-0.2, 0) is 12.5 Å². The summed E-state index contributed by atoms with van der Waals surface area (Å²) in [5.41, 5.74) is 8.89. The molecule has 4 aromatic rings. The number of nitrogens with zero attached hydrogens (tertiary/aromatic N) is 6. The van der Waals surface area contributed by atoms with E-state index in [1.807, 2.05) is 12.1 Å². The highest BCUT2D eigenvalue weighted by atomic mass is 16.5. The molecule has 37 heavy (non-hydrogen) atoms. The quantitative estimate of drug-likeness (QED) is 0.425. The monoisotopic (exact) mass is 495 g/mol. The van der Waals surface area contributed by atoms with Gasteiger partial charge in [-0.25, -0.2) is 15.0 Å². The predicted octanol–water partition coefficient (Wildman–Crippen LogP) is 3.51. The Morgan fingerprint density at radius 3 is 2.24 bits per heavy atom. The van der Waals surface area contributed by atoms with E-state index in [1.165, 1.54) is 18.8 Å². The fourth-order valence-corrected chi connectivity index (χ4v) is 4.36. The molecular formula is C27H25N7O3. The third kappa shape index (κ3) is 4.25. The van der Waals surface area contributed by atoms with Crippen LogP contribution in [0, 0.1) is 11.3 Å². The van der Waals surface area contributed by atoms with Crippen molar-refractivity contribution in [2.45, 2.75) is 24.7 Å². The first-order chi connectivity index (χ1) is 17.9. The van der Waals surface area contributed by atoms with Gasteiger partial charge in [-0.05, 0) is 43.5 Å². The number of anilines is 1. The summed E-state index contributed by atoms with van der Waals surface area (Å²) in [5, 5.41) is 9.60. The zero-order valence-corrected chi connectivity index (χ0v) is 20.7. The maximum atomic E-state index is 13.0. The Bertz CT molecular complexity index is 1560. The van der Waals surface area contributed by atoms with Crippen molar-refractivity contribution in [2.24, 2.45) is 7.05 Å². The van der Waals surface area contributed by atoms with Gasteiger partial charge in [-0.3, -0.25) is 9.78 Å². The average molecular weight is 496 g/mol. The molecule has 1 aliphatic carbocycles. The lowest BCUT2D eigenvalue weighted by Gasteiger charge is -2.34. The number of rotatable bonds is 6. The maximum absolute atomic E-state index is 13.0. The van der Waals surface area contributed by atoms with Crippen molar-refractivity contribution in [1.29, 1.82) is 5.26 Å². The van der Waals surface area contributed by atoms with E-state index in [9.17, 15) is 10.1 Å². The molecule has 0 saturated heterocycles. The normalized spacial score (nSPS) is 13.9. The van der Waals surface area contributed by atoms with Crippen molar-refractivity contribution in [3.05, 3.63) is 65.0 Å². The van der Waals surface area contributed by atoms with Crippen molar-refractivity contribution in [3.63, 3.8) is 0 Å². The lowest BCUT2D eigenvalue weighted by Crippen LogP contribution is -2.33. The molecule has 186 valence electrons. The van der Waals surface area contributed by atoms with Crippen molar-refractivity contribution in [1.82, 2.24) is 24.5 Å². The maximum Gasteiger partial charge on any atom is 0.276 e. The number of hydrogen-bond acceptors (Lipinski definition) is 9. The number of methoxy groups -OCH3 is 2. The van der Waals surface area contributed by atoms with Crippen LogP contribution in [0.4, 0.5) is 5.82 Å². The molecule has 0 radical (unpaired) electrons.